The number of phenolic OH excluding ortho intramolecular Hbond substituents is 1. The number of nitrogens with one attached hydrogen (secondary N) is 2. The van der Waals surface area contributed by atoms with E-state index in [0.29, 0.717) is 23.1 Å². The van der Waals surface area contributed by atoms with Crippen LogP contribution >= 0.6 is 0 Å². The Balaban J connectivity index is 1.25. The molecule has 168 valence electrons. The molecule has 4 atom stereocenters. The summed E-state index contributed by atoms with van der Waals surface area (Å²) >= 11 is 0. The second-order valence-electron chi connectivity index (χ2n) is 9.03. The number of aromatic hydroxyl groups is 1. The Morgan fingerprint density at radius 2 is 1.97 bits per heavy atom. The molecule has 6 rings (SSSR count). The van der Waals surface area contributed by atoms with Crippen LogP contribution in [0.25, 0.3) is 33.3 Å². The zero-order valence-corrected chi connectivity index (χ0v) is 18.2. The second kappa shape index (κ2) is 7.81. The van der Waals surface area contributed by atoms with E-state index in [0.717, 1.165) is 41.3 Å². The summed E-state index contributed by atoms with van der Waals surface area (Å²) in [5.41, 5.74) is 3.99. The van der Waals surface area contributed by atoms with Crippen LogP contribution < -0.4 is 10.2 Å². The van der Waals surface area contributed by atoms with Crippen molar-refractivity contribution in [1.29, 1.82) is 0 Å². The van der Waals surface area contributed by atoms with Crippen LogP contribution in [0.4, 0.5) is 10.2 Å². The summed E-state index contributed by atoms with van der Waals surface area (Å²) in [6.45, 7) is 0. The molecule has 0 saturated carbocycles. The molecule has 4 heterocycles. The summed E-state index contributed by atoms with van der Waals surface area (Å²) in [7, 11) is 1.88. The molecule has 7 nitrogen and oxygen atoms in total. The van der Waals surface area contributed by atoms with E-state index in [1.54, 1.807) is 24.7 Å². The van der Waals surface area contributed by atoms with E-state index in [4.69, 9.17) is 0 Å². The van der Waals surface area contributed by atoms with Crippen molar-refractivity contribution < 1.29 is 9.50 Å². The third-order valence-electron chi connectivity index (χ3n) is 7.12. The van der Waals surface area contributed by atoms with Gasteiger partial charge in [0.15, 0.2) is 0 Å². The molecule has 8 heteroatoms. The van der Waals surface area contributed by atoms with Gasteiger partial charge >= 0.3 is 0 Å². The molecule has 2 bridgehead atoms. The molecule has 0 radical (unpaired) electrons. The van der Waals surface area contributed by atoms with Crippen molar-refractivity contribution in [2.24, 2.45) is 0 Å². The van der Waals surface area contributed by atoms with Gasteiger partial charge in [-0.15, -0.1) is 0 Å². The Morgan fingerprint density at radius 3 is 2.79 bits per heavy atom. The molecule has 33 heavy (non-hydrogen) atoms. The predicted octanol–water partition coefficient (Wildman–Crippen LogP) is 4.06. The first kappa shape index (κ1) is 20.1. The second-order valence-corrected chi connectivity index (χ2v) is 9.03. The Bertz CT molecular complexity index is 1310. The van der Waals surface area contributed by atoms with Crippen LogP contribution in [0.3, 0.4) is 0 Å². The van der Waals surface area contributed by atoms with Gasteiger partial charge in [-0.05, 0) is 48.6 Å². The van der Waals surface area contributed by atoms with Crippen molar-refractivity contribution in [1.82, 2.24) is 25.5 Å². The van der Waals surface area contributed by atoms with Crippen molar-refractivity contribution in [2.75, 3.05) is 11.9 Å². The Hall–Kier alpha value is -3.52. The lowest BCUT2D eigenvalue weighted by atomic mass is 9.96. The van der Waals surface area contributed by atoms with Gasteiger partial charge in [-0.3, -0.25) is 10.1 Å². The number of aromatic amines is 1. The lowest BCUT2D eigenvalue weighted by molar-refractivity contribution is 0.176. The van der Waals surface area contributed by atoms with Gasteiger partial charge in [0.05, 0.1) is 35.8 Å². The van der Waals surface area contributed by atoms with Crippen LogP contribution in [0.15, 0.2) is 55.0 Å². The molecule has 2 aliphatic heterocycles. The highest BCUT2D eigenvalue weighted by Crippen LogP contribution is 2.36. The number of hydrogen-bond acceptors (Lipinski definition) is 6. The highest BCUT2D eigenvalue weighted by atomic mass is 19.1. The van der Waals surface area contributed by atoms with E-state index in [9.17, 15) is 9.50 Å². The molecule has 2 aromatic heterocycles. The third kappa shape index (κ3) is 3.41. The van der Waals surface area contributed by atoms with E-state index in [1.807, 2.05) is 42.3 Å². The number of anilines is 1. The summed E-state index contributed by atoms with van der Waals surface area (Å²) in [5, 5.41) is 22.2. The number of rotatable bonds is 4. The van der Waals surface area contributed by atoms with Crippen LogP contribution in [-0.2, 0) is 0 Å². The molecule has 2 aliphatic rings. The van der Waals surface area contributed by atoms with Crippen molar-refractivity contribution in [2.45, 2.75) is 43.6 Å². The highest BCUT2D eigenvalue weighted by molar-refractivity contribution is 5.95. The molecule has 0 unspecified atom stereocenters. The van der Waals surface area contributed by atoms with Gasteiger partial charge in [-0.25, -0.2) is 9.37 Å². The van der Waals surface area contributed by atoms with E-state index < -0.39 is 6.17 Å². The first-order valence-corrected chi connectivity index (χ1v) is 11.3. The predicted molar refractivity (Wildman–Crippen MR) is 126 cm³/mol. The Labute approximate surface area is 190 Å². The SMILES string of the molecule is CN(c1cnc(-c2ccc(-c3cccc4[nH]ncc34)cc2O)cn1)[C@@H]1C[C@H]2CC[C@H](N2)[C@@H]1F. The first-order chi connectivity index (χ1) is 16.1. The average molecular weight is 445 g/mol. The fourth-order valence-electron chi connectivity index (χ4n) is 5.30. The zero-order valence-electron chi connectivity index (χ0n) is 18.2. The quantitative estimate of drug-likeness (QED) is 0.440. The molecule has 4 aromatic rings. The third-order valence-corrected chi connectivity index (χ3v) is 7.12. The number of halogens is 1. The van der Waals surface area contributed by atoms with Crippen molar-refractivity contribution >= 4 is 16.7 Å². The van der Waals surface area contributed by atoms with Gasteiger partial charge in [0.1, 0.15) is 17.7 Å². The molecule has 3 N–H and O–H groups in total. The number of fused-ring (bicyclic) bond motifs is 3. The summed E-state index contributed by atoms with van der Waals surface area (Å²) in [4.78, 5) is 11.0. The topological polar surface area (TPSA) is 90.0 Å². The highest BCUT2D eigenvalue weighted by Gasteiger charge is 2.43. The summed E-state index contributed by atoms with van der Waals surface area (Å²) in [5.74, 6) is 0.762. The molecular weight excluding hydrogens is 419 g/mol. The van der Waals surface area contributed by atoms with Crippen LogP contribution in [0.1, 0.15) is 19.3 Å². The molecular formula is C25H25FN6O. The van der Waals surface area contributed by atoms with Gasteiger partial charge in [0.2, 0.25) is 0 Å². The van der Waals surface area contributed by atoms with Gasteiger partial charge in [0, 0.05) is 30.1 Å². The van der Waals surface area contributed by atoms with E-state index >= 15 is 0 Å². The van der Waals surface area contributed by atoms with Gasteiger partial charge in [-0.2, -0.15) is 5.10 Å². The average Bonchev–Trinajstić information content (AvgIpc) is 3.48. The fourth-order valence-corrected chi connectivity index (χ4v) is 5.30. The van der Waals surface area contributed by atoms with Crippen LogP contribution in [0, 0.1) is 0 Å². The lowest BCUT2D eigenvalue weighted by Crippen LogP contribution is -2.55. The van der Waals surface area contributed by atoms with E-state index in [2.05, 4.69) is 25.5 Å². The minimum absolute atomic E-state index is 0.0632. The number of aromatic nitrogens is 4. The number of H-pyrrole nitrogens is 1. The van der Waals surface area contributed by atoms with Crippen molar-refractivity contribution in [3.63, 3.8) is 0 Å². The number of hydrogen-bond donors (Lipinski definition) is 3. The standard InChI is InChI=1S/C25H25FN6O/c1-32(22-10-15-6-8-20(30-15)25(22)26)24-13-27-21(12-28-24)17-7-5-14(9-23(17)33)16-3-2-4-19-18(16)11-29-31-19/h2-5,7,9,11-13,15,20,22,25,30,33H,6,8,10H2,1H3,(H,29,31)/t15-,20+,22-,25+/m1/s1. The maximum atomic E-state index is 14.9. The Kier molecular flexibility index (Phi) is 4.76. The van der Waals surface area contributed by atoms with Crippen LogP contribution in [0.5, 0.6) is 5.75 Å². The smallest absolute Gasteiger partial charge is 0.147 e. The van der Waals surface area contributed by atoms with Crippen LogP contribution in [-0.4, -0.2) is 56.6 Å². The van der Waals surface area contributed by atoms with Gasteiger partial charge < -0.3 is 15.3 Å². The molecule has 0 spiro atoms. The number of phenols is 1. The van der Waals surface area contributed by atoms with Gasteiger partial charge in [0.25, 0.3) is 0 Å². The normalized spacial score (nSPS) is 24.3. The molecule has 2 saturated heterocycles. The van der Waals surface area contributed by atoms with Crippen molar-refractivity contribution in [3.8, 4) is 28.1 Å². The van der Waals surface area contributed by atoms with Crippen molar-refractivity contribution in [3.05, 3.63) is 55.0 Å². The largest absolute Gasteiger partial charge is 0.507 e. The summed E-state index contributed by atoms with van der Waals surface area (Å²) in [6.07, 6.45) is 6.85. The monoisotopic (exact) mass is 444 g/mol. The molecule has 0 amide bonds. The maximum Gasteiger partial charge on any atom is 0.147 e. The summed E-state index contributed by atoms with van der Waals surface area (Å²) in [6, 6.07) is 11.6. The zero-order chi connectivity index (χ0) is 22.5. The fraction of sp³-hybridized carbons (Fsp3) is 0.320. The van der Waals surface area contributed by atoms with Crippen LogP contribution in [0.2, 0.25) is 0 Å². The Morgan fingerprint density at radius 1 is 1.06 bits per heavy atom. The number of nitrogens with zero attached hydrogens (tertiary/aromatic N) is 4. The van der Waals surface area contributed by atoms with E-state index in [1.165, 1.54) is 0 Å². The van der Waals surface area contributed by atoms with E-state index in [-0.39, 0.29) is 17.8 Å². The minimum Gasteiger partial charge on any atom is -0.507 e. The molecule has 2 aromatic carbocycles. The lowest BCUT2D eigenvalue weighted by Gasteiger charge is -2.38. The minimum atomic E-state index is -0.925. The number of piperidine rings is 1. The molecule has 2 fully saturated rings. The molecule has 0 aliphatic carbocycles. The number of alkyl halides is 1. The first-order valence-electron chi connectivity index (χ1n) is 11.3. The maximum absolute atomic E-state index is 14.9. The van der Waals surface area contributed by atoms with Gasteiger partial charge in [-0.1, -0.05) is 18.2 Å². The summed E-state index contributed by atoms with van der Waals surface area (Å²) < 4.78 is 14.9. The number of benzene rings is 2.